The highest BCUT2D eigenvalue weighted by Gasteiger charge is 2.27. The highest BCUT2D eigenvalue weighted by Crippen LogP contribution is 2.11. The minimum absolute atomic E-state index is 0.0544. The maximum absolute atomic E-state index is 11.9. The van der Waals surface area contributed by atoms with Crippen LogP contribution in [0.15, 0.2) is 0 Å². The number of piperidine rings is 1. The summed E-state index contributed by atoms with van der Waals surface area (Å²) in [4.78, 5) is 24.7. The fourth-order valence-electron chi connectivity index (χ4n) is 2.00. The van der Waals surface area contributed by atoms with E-state index in [9.17, 15) is 9.59 Å². The van der Waals surface area contributed by atoms with Gasteiger partial charge in [-0.1, -0.05) is 20.3 Å². The number of carboxylic acids is 1. The molecule has 0 saturated carbocycles. The summed E-state index contributed by atoms with van der Waals surface area (Å²) in [7, 11) is 0. The number of carbonyl (C=O) groups excluding carboxylic acids is 1. The maximum atomic E-state index is 11.9. The number of carboxylic acid groups (broad SMARTS) is 1. The van der Waals surface area contributed by atoms with Crippen molar-refractivity contribution in [3.8, 4) is 0 Å². The van der Waals surface area contributed by atoms with E-state index in [1.54, 1.807) is 4.90 Å². The summed E-state index contributed by atoms with van der Waals surface area (Å²) in [5, 5.41) is 11.7. The lowest BCUT2D eigenvalue weighted by Gasteiger charge is -2.29. The topological polar surface area (TPSA) is 69.6 Å². The van der Waals surface area contributed by atoms with Crippen molar-refractivity contribution in [1.82, 2.24) is 10.2 Å². The third-order valence-electron chi connectivity index (χ3n) is 3.40. The molecule has 2 N–H and O–H groups in total. The first-order valence-corrected chi connectivity index (χ1v) is 6.34. The van der Waals surface area contributed by atoms with Gasteiger partial charge in [-0.2, -0.15) is 0 Å². The van der Waals surface area contributed by atoms with Gasteiger partial charge in [-0.05, 0) is 25.2 Å². The second kappa shape index (κ2) is 6.47. The highest BCUT2D eigenvalue weighted by atomic mass is 16.4. The number of nitrogens with zero attached hydrogens (tertiary/aromatic N) is 1. The molecule has 0 aromatic carbocycles. The first-order valence-electron chi connectivity index (χ1n) is 6.34. The molecule has 1 fully saturated rings. The average Bonchev–Trinajstić information content (AvgIpc) is 2.35. The van der Waals surface area contributed by atoms with Gasteiger partial charge in [0.05, 0.1) is 0 Å². The van der Waals surface area contributed by atoms with Crippen molar-refractivity contribution in [2.24, 2.45) is 5.92 Å². The summed E-state index contributed by atoms with van der Waals surface area (Å²) in [6, 6.07) is -1.02. The fraction of sp³-hybridized carbons (Fsp3) is 0.833. The van der Waals surface area contributed by atoms with Crippen LogP contribution in [-0.4, -0.2) is 41.1 Å². The van der Waals surface area contributed by atoms with E-state index >= 15 is 0 Å². The van der Waals surface area contributed by atoms with Crippen molar-refractivity contribution >= 4 is 12.0 Å². The van der Waals surface area contributed by atoms with Gasteiger partial charge in [-0.3, -0.25) is 0 Å². The predicted molar refractivity (Wildman–Crippen MR) is 64.8 cm³/mol. The van der Waals surface area contributed by atoms with Crippen LogP contribution in [0.4, 0.5) is 4.79 Å². The van der Waals surface area contributed by atoms with Crippen LogP contribution in [0.3, 0.4) is 0 Å². The number of likely N-dealkylation sites (tertiary alicyclic amines) is 1. The number of carbonyl (C=O) groups is 2. The largest absolute Gasteiger partial charge is 0.480 e. The number of rotatable bonds is 4. The molecular formula is C12H22N2O3. The molecular weight excluding hydrogens is 220 g/mol. The van der Waals surface area contributed by atoms with Crippen LogP contribution in [0.5, 0.6) is 0 Å². The van der Waals surface area contributed by atoms with Crippen LogP contribution in [0.2, 0.25) is 0 Å². The van der Waals surface area contributed by atoms with Crippen molar-refractivity contribution in [1.29, 1.82) is 0 Å². The second-order valence-corrected chi connectivity index (χ2v) is 4.70. The Bertz CT molecular complexity index is 275. The molecule has 1 aliphatic heterocycles. The van der Waals surface area contributed by atoms with Gasteiger partial charge < -0.3 is 15.3 Å². The van der Waals surface area contributed by atoms with E-state index in [0.29, 0.717) is 0 Å². The van der Waals surface area contributed by atoms with Gasteiger partial charge in [0, 0.05) is 13.1 Å². The Morgan fingerprint density at radius 1 is 1.29 bits per heavy atom. The summed E-state index contributed by atoms with van der Waals surface area (Å²) < 4.78 is 0. The summed E-state index contributed by atoms with van der Waals surface area (Å²) in [5.74, 6) is -1.01. The van der Waals surface area contributed by atoms with E-state index in [2.05, 4.69) is 5.32 Å². The number of urea groups is 1. The molecule has 0 bridgehead atoms. The molecule has 2 atom stereocenters. The van der Waals surface area contributed by atoms with Crippen LogP contribution in [0, 0.1) is 5.92 Å². The minimum atomic E-state index is -0.954. The fourth-order valence-corrected chi connectivity index (χ4v) is 2.00. The van der Waals surface area contributed by atoms with Gasteiger partial charge in [0.2, 0.25) is 0 Å². The van der Waals surface area contributed by atoms with E-state index < -0.39 is 12.0 Å². The summed E-state index contributed by atoms with van der Waals surface area (Å²) in [5.41, 5.74) is 0. The Kier molecular flexibility index (Phi) is 5.25. The van der Waals surface area contributed by atoms with E-state index in [4.69, 9.17) is 5.11 Å². The Balaban J connectivity index is 2.53. The molecule has 0 unspecified atom stereocenters. The molecule has 1 aliphatic rings. The highest BCUT2D eigenvalue weighted by molar-refractivity contribution is 5.82. The van der Waals surface area contributed by atoms with Crippen molar-refractivity contribution in [3.63, 3.8) is 0 Å². The van der Waals surface area contributed by atoms with Gasteiger partial charge >= 0.3 is 12.0 Å². The van der Waals surface area contributed by atoms with Crippen molar-refractivity contribution in [2.45, 2.75) is 45.6 Å². The van der Waals surface area contributed by atoms with Crippen LogP contribution in [0.25, 0.3) is 0 Å². The number of aliphatic carboxylic acids is 1. The standard InChI is InChI=1S/C12H22N2O3/c1-3-9(2)10(11(15)16)13-12(17)14-7-5-4-6-8-14/h9-10H,3-8H2,1-2H3,(H,13,17)(H,15,16)/t9-,10+/m0/s1. The van der Waals surface area contributed by atoms with E-state index in [0.717, 1.165) is 38.8 Å². The van der Waals surface area contributed by atoms with E-state index in [1.165, 1.54) is 0 Å². The average molecular weight is 242 g/mol. The first kappa shape index (κ1) is 13.8. The third-order valence-corrected chi connectivity index (χ3v) is 3.40. The quantitative estimate of drug-likeness (QED) is 0.788. The smallest absolute Gasteiger partial charge is 0.326 e. The van der Waals surface area contributed by atoms with Crippen LogP contribution >= 0.6 is 0 Å². The molecule has 2 amide bonds. The van der Waals surface area contributed by atoms with E-state index in [-0.39, 0.29) is 11.9 Å². The van der Waals surface area contributed by atoms with Gasteiger partial charge in [-0.25, -0.2) is 9.59 Å². The zero-order valence-corrected chi connectivity index (χ0v) is 10.6. The Hall–Kier alpha value is -1.26. The Morgan fingerprint density at radius 2 is 1.88 bits per heavy atom. The Morgan fingerprint density at radius 3 is 2.35 bits per heavy atom. The summed E-state index contributed by atoms with van der Waals surface area (Å²) in [6.45, 7) is 5.24. The molecule has 0 spiro atoms. The first-order chi connectivity index (χ1) is 8.06. The molecule has 1 rings (SSSR count). The van der Waals surface area contributed by atoms with Crippen LogP contribution in [-0.2, 0) is 4.79 Å². The number of hydrogen-bond donors (Lipinski definition) is 2. The molecule has 98 valence electrons. The molecule has 0 aromatic rings. The zero-order valence-electron chi connectivity index (χ0n) is 10.6. The Labute approximate surface area is 102 Å². The molecule has 1 heterocycles. The molecule has 0 aliphatic carbocycles. The zero-order chi connectivity index (χ0) is 12.8. The lowest BCUT2D eigenvalue weighted by atomic mass is 9.99. The normalized spacial score (nSPS) is 19.5. The van der Waals surface area contributed by atoms with Crippen molar-refractivity contribution in [3.05, 3.63) is 0 Å². The maximum Gasteiger partial charge on any atom is 0.326 e. The lowest BCUT2D eigenvalue weighted by molar-refractivity contribution is -0.140. The summed E-state index contributed by atoms with van der Waals surface area (Å²) in [6.07, 6.45) is 3.90. The monoisotopic (exact) mass is 242 g/mol. The molecule has 17 heavy (non-hydrogen) atoms. The molecule has 5 heteroatoms. The van der Waals surface area contributed by atoms with Gasteiger partial charge in [0.25, 0.3) is 0 Å². The van der Waals surface area contributed by atoms with Crippen molar-refractivity contribution in [2.75, 3.05) is 13.1 Å². The third kappa shape index (κ3) is 3.91. The number of amides is 2. The second-order valence-electron chi connectivity index (χ2n) is 4.70. The van der Waals surface area contributed by atoms with E-state index in [1.807, 2.05) is 13.8 Å². The van der Waals surface area contributed by atoms with Crippen LogP contribution in [0.1, 0.15) is 39.5 Å². The van der Waals surface area contributed by atoms with Gasteiger partial charge in [-0.15, -0.1) is 0 Å². The van der Waals surface area contributed by atoms with Gasteiger partial charge in [0.1, 0.15) is 6.04 Å². The molecule has 5 nitrogen and oxygen atoms in total. The SMILES string of the molecule is CC[C@H](C)[C@@H](NC(=O)N1CCCCC1)C(=O)O. The number of nitrogens with one attached hydrogen (secondary N) is 1. The van der Waals surface area contributed by atoms with Gasteiger partial charge in [0.15, 0.2) is 0 Å². The minimum Gasteiger partial charge on any atom is -0.480 e. The predicted octanol–water partition coefficient (Wildman–Crippen LogP) is 1.68. The summed E-state index contributed by atoms with van der Waals surface area (Å²) >= 11 is 0. The van der Waals surface area contributed by atoms with Crippen LogP contribution < -0.4 is 5.32 Å². The molecule has 0 radical (unpaired) electrons. The molecule has 1 saturated heterocycles. The number of hydrogen-bond acceptors (Lipinski definition) is 2. The lowest BCUT2D eigenvalue weighted by Crippen LogP contribution is -2.51. The van der Waals surface area contributed by atoms with Crippen molar-refractivity contribution < 1.29 is 14.7 Å². The molecule has 0 aromatic heterocycles.